The fourth-order valence-corrected chi connectivity index (χ4v) is 4.01. The van der Waals surface area contributed by atoms with Crippen molar-refractivity contribution in [2.75, 3.05) is 11.5 Å². The molecular weight excluding hydrogens is 394 g/mol. The van der Waals surface area contributed by atoms with E-state index in [0.29, 0.717) is 22.5 Å². The summed E-state index contributed by atoms with van der Waals surface area (Å²) in [6.07, 6.45) is 1.88. The SMILES string of the molecule is CCOc1ccc(/C=C2\S/C(=N/c3cccc(C)n3)N(c3ccccc3)C2=O)cc1. The average molecular weight is 416 g/mol. The summed E-state index contributed by atoms with van der Waals surface area (Å²) in [5.41, 5.74) is 2.58. The number of ether oxygens (including phenoxy) is 1. The van der Waals surface area contributed by atoms with E-state index in [4.69, 9.17) is 4.74 Å². The van der Waals surface area contributed by atoms with Crippen LogP contribution in [0.3, 0.4) is 0 Å². The minimum atomic E-state index is -0.105. The average Bonchev–Trinajstić information content (AvgIpc) is 3.05. The first kappa shape index (κ1) is 19.9. The van der Waals surface area contributed by atoms with Gasteiger partial charge in [0.2, 0.25) is 0 Å². The van der Waals surface area contributed by atoms with Crippen LogP contribution in [0.15, 0.2) is 82.7 Å². The molecule has 2 heterocycles. The molecule has 0 saturated carbocycles. The van der Waals surface area contributed by atoms with Gasteiger partial charge in [0.05, 0.1) is 17.2 Å². The molecule has 0 unspecified atom stereocenters. The fourth-order valence-electron chi connectivity index (χ4n) is 3.02. The van der Waals surface area contributed by atoms with Crippen molar-refractivity contribution in [1.29, 1.82) is 0 Å². The molecule has 0 atom stereocenters. The normalized spacial score (nSPS) is 16.5. The number of nitrogens with zero attached hydrogens (tertiary/aromatic N) is 3. The Kier molecular flexibility index (Phi) is 5.95. The summed E-state index contributed by atoms with van der Waals surface area (Å²) in [6.45, 7) is 4.49. The van der Waals surface area contributed by atoms with Crippen LogP contribution in [-0.2, 0) is 4.79 Å². The molecule has 6 heteroatoms. The summed E-state index contributed by atoms with van der Waals surface area (Å²) in [7, 11) is 0. The van der Waals surface area contributed by atoms with Gasteiger partial charge in [0.15, 0.2) is 11.0 Å². The summed E-state index contributed by atoms with van der Waals surface area (Å²) < 4.78 is 5.49. The second kappa shape index (κ2) is 8.97. The molecule has 0 bridgehead atoms. The lowest BCUT2D eigenvalue weighted by Crippen LogP contribution is -2.28. The third-order valence-electron chi connectivity index (χ3n) is 4.39. The van der Waals surface area contributed by atoms with E-state index < -0.39 is 0 Å². The minimum Gasteiger partial charge on any atom is -0.494 e. The highest BCUT2D eigenvalue weighted by Gasteiger charge is 2.34. The maximum absolute atomic E-state index is 13.3. The van der Waals surface area contributed by atoms with Crippen LogP contribution in [0.2, 0.25) is 0 Å². The van der Waals surface area contributed by atoms with Gasteiger partial charge in [0, 0.05) is 5.69 Å². The van der Waals surface area contributed by atoms with Crippen LogP contribution in [0.5, 0.6) is 5.75 Å². The molecule has 2 aromatic carbocycles. The number of aryl methyl sites for hydroxylation is 1. The third kappa shape index (κ3) is 4.44. The first-order chi connectivity index (χ1) is 14.6. The van der Waals surface area contributed by atoms with E-state index >= 15 is 0 Å². The van der Waals surface area contributed by atoms with Crippen molar-refractivity contribution >= 4 is 40.4 Å². The van der Waals surface area contributed by atoms with Crippen molar-refractivity contribution in [3.05, 3.63) is 89.0 Å². The summed E-state index contributed by atoms with van der Waals surface area (Å²) >= 11 is 1.35. The van der Waals surface area contributed by atoms with Gasteiger partial charge >= 0.3 is 0 Å². The molecular formula is C24H21N3O2S. The van der Waals surface area contributed by atoms with Gasteiger partial charge in [-0.1, -0.05) is 36.4 Å². The Morgan fingerprint density at radius 2 is 1.80 bits per heavy atom. The molecule has 1 fully saturated rings. The Morgan fingerprint density at radius 1 is 1.03 bits per heavy atom. The zero-order chi connectivity index (χ0) is 20.9. The molecule has 1 saturated heterocycles. The smallest absolute Gasteiger partial charge is 0.271 e. The third-order valence-corrected chi connectivity index (χ3v) is 5.36. The summed E-state index contributed by atoms with van der Waals surface area (Å²) in [6, 6.07) is 22.9. The number of benzene rings is 2. The topological polar surface area (TPSA) is 54.8 Å². The highest BCUT2D eigenvalue weighted by Crippen LogP contribution is 2.37. The summed E-state index contributed by atoms with van der Waals surface area (Å²) in [5, 5.41) is 0.585. The molecule has 150 valence electrons. The molecule has 0 aliphatic carbocycles. The zero-order valence-electron chi connectivity index (χ0n) is 16.8. The number of pyridine rings is 1. The molecule has 1 aliphatic heterocycles. The summed E-state index contributed by atoms with van der Waals surface area (Å²) in [4.78, 5) is 24.6. The predicted octanol–water partition coefficient (Wildman–Crippen LogP) is 5.60. The van der Waals surface area contributed by atoms with Crippen LogP contribution in [0.25, 0.3) is 6.08 Å². The first-order valence-corrected chi connectivity index (χ1v) is 10.5. The van der Waals surface area contributed by atoms with E-state index in [9.17, 15) is 4.79 Å². The number of anilines is 1. The number of amidine groups is 1. The molecule has 3 aromatic rings. The lowest BCUT2D eigenvalue weighted by atomic mass is 10.2. The van der Waals surface area contributed by atoms with Gasteiger partial charge in [0.25, 0.3) is 5.91 Å². The maximum atomic E-state index is 13.3. The van der Waals surface area contributed by atoms with Gasteiger partial charge in [-0.15, -0.1) is 0 Å². The maximum Gasteiger partial charge on any atom is 0.271 e. The lowest BCUT2D eigenvalue weighted by molar-refractivity contribution is -0.113. The van der Waals surface area contributed by atoms with Crippen molar-refractivity contribution < 1.29 is 9.53 Å². The molecule has 30 heavy (non-hydrogen) atoms. The van der Waals surface area contributed by atoms with Crippen LogP contribution in [0.1, 0.15) is 18.2 Å². The van der Waals surface area contributed by atoms with Crippen LogP contribution in [-0.4, -0.2) is 22.7 Å². The predicted molar refractivity (Wildman–Crippen MR) is 123 cm³/mol. The van der Waals surface area contributed by atoms with Crippen LogP contribution in [0.4, 0.5) is 11.5 Å². The second-order valence-electron chi connectivity index (χ2n) is 6.62. The van der Waals surface area contributed by atoms with Crippen molar-refractivity contribution in [3.63, 3.8) is 0 Å². The molecule has 0 radical (unpaired) electrons. The van der Waals surface area contributed by atoms with Gasteiger partial charge < -0.3 is 4.74 Å². The van der Waals surface area contributed by atoms with E-state index in [-0.39, 0.29) is 5.91 Å². The van der Waals surface area contributed by atoms with Crippen molar-refractivity contribution in [2.24, 2.45) is 4.99 Å². The molecule has 0 N–H and O–H groups in total. The molecule has 4 rings (SSSR count). The first-order valence-electron chi connectivity index (χ1n) is 9.68. The van der Waals surface area contributed by atoms with E-state index in [1.54, 1.807) is 4.90 Å². The number of rotatable bonds is 5. The van der Waals surface area contributed by atoms with E-state index in [0.717, 1.165) is 22.7 Å². The standard InChI is InChI=1S/C24H21N3O2S/c1-3-29-20-14-12-18(13-15-20)16-21-23(28)27(19-9-5-4-6-10-19)24(30-21)26-22-11-7-8-17(2)25-22/h4-16H,3H2,1-2H3/b21-16-,26-24+. The number of thioether (sulfide) groups is 1. The number of hydrogen-bond donors (Lipinski definition) is 0. The Labute approximate surface area is 180 Å². The molecule has 5 nitrogen and oxygen atoms in total. The highest BCUT2D eigenvalue weighted by atomic mass is 32.2. The molecule has 1 aliphatic rings. The van der Waals surface area contributed by atoms with Gasteiger partial charge in [-0.2, -0.15) is 0 Å². The van der Waals surface area contributed by atoms with Gasteiger partial charge in [-0.3, -0.25) is 9.69 Å². The van der Waals surface area contributed by atoms with E-state index in [2.05, 4.69) is 9.98 Å². The molecule has 1 aromatic heterocycles. The lowest BCUT2D eigenvalue weighted by Gasteiger charge is -2.15. The van der Waals surface area contributed by atoms with Crippen LogP contribution < -0.4 is 9.64 Å². The van der Waals surface area contributed by atoms with Gasteiger partial charge in [0.1, 0.15) is 5.75 Å². The Bertz CT molecular complexity index is 1110. The largest absolute Gasteiger partial charge is 0.494 e. The van der Waals surface area contributed by atoms with Gasteiger partial charge in [-0.05, 0) is 73.6 Å². The van der Waals surface area contributed by atoms with Gasteiger partial charge in [-0.25, -0.2) is 9.98 Å². The Hall–Kier alpha value is -3.38. The molecule has 0 spiro atoms. The number of carbonyl (C=O) groups excluding carboxylic acids is 1. The number of aliphatic imine (C=N–C) groups is 1. The number of hydrogen-bond acceptors (Lipinski definition) is 5. The minimum absolute atomic E-state index is 0.105. The number of aromatic nitrogens is 1. The van der Waals surface area contributed by atoms with Crippen molar-refractivity contribution in [1.82, 2.24) is 4.98 Å². The molecule has 1 amide bonds. The Balaban J connectivity index is 1.71. The second-order valence-corrected chi connectivity index (χ2v) is 7.63. The quantitative estimate of drug-likeness (QED) is 0.509. The van der Waals surface area contributed by atoms with Crippen molar-refractivity contribution in [3.8, 4) is 5.75 Å². The summed E-state index contributed by atoms with van der Waals surface area (Å²) in [5.74, 6) is 1.28. The monoisotopic (exact) mass is 415 g/mol. The number of carbonyl (C=O) groups is 1. The number of amides is 1. The van der Waals surface area contributed by atoms with Crippen LogP contribution in [0, 0.1) is 6.92 Å². The number of para-hydroxylation sites is 1. The van der Waals surface area contributed by atoms with E-state index in [1.165, 1.54) is 11.8 Å². The fraction of sp³-hybridized carbons (Fsp3) is 0.125. The van der Waals surface area contributed by atoms with Crippen molar-refractivity contribution in [2.45, 2.75) is 13.8 Å². The Morgan fingerprint density at radius 3 is 2.50 bits per heavy atom. The van der Waals surface area contributed by atoms with Crippen LogP contribution >= 0.6 is 11.8 Å². The highest BCUT2D eigenvalue weighted by molar-refractivity contribution is 8.19. The van der Waals surface area contributed by atoms with E-state index in [1.807, 2.05) is 92.7 Å². The zero-order valence-corrected chi connectivity index (χ0v) is 17.6.